The van der Waals surface area contributed by atoms with Crippen LogP contribution in [-0.2, 0) is 4.74 Å². The van der Waals surface area contributed by atoms with Crippen LogP contribution in [0.15, 0.2) is 12.1 Å². The number of nitrogens with zero attached hydrogens (tertiary/aromatic N) is 2. The minimum atomic E-state index is -1.65. The summed E-state index contributed by atoms with van der Waals surface area (Å²) in [4.78, 5) is 27.8. The van der Waals surface area contributed by atoms with Gasteiger partial charge in [0.15, 0.2) is 17.5 Å². The molecule has 0 aromatic heterocycles. The van der Waals surface area contributed by atoms with E-state index in [0.717, 1.165) is 25.0 Å². The fourth-order valence-corrected chi connectivity index (χ4v) is 3.80. The van der Waals surface area contributed by atoms with Crippen molar-refractivity contribution in [1.29, 1.82) is 0 Å². The van der Waals surface area contributed by atoms with Crippen LogP contribution in [-0.4, -0.2) is 53.1 Å². The summed E-state index contributed by atoms with van der Waals surface area (Å²) in [5.41, 5.74) is -1.14. The molecule has 2 fully saturated rings. The highest BCUT2D eigenvalue weighted by molar-refractivity contribution is 5.94. The lowest BCUT2D eigenvalue weighted by atomic mass is 9.90. The third-order valence-electron chi connectivity index (χ3n) is 5.46. The van der Waals surface area contributed by atoms with Gasteiger partial charge < -0.3 is 14.5 Å². The van der Waals surface area contributed by atoms with Gasteiger partial charge in [-0.3, -0.25) is 4.79 Å². The highest BCUT2D eigenvalue weighted by atomic mass is 19.2. The van der Waals surface area contributed by atoms with Crippen LogP contribution < -0.4 is 0 Å². The number of piperidine rings is 1. The SMILES string of the molecule is CCCC(C)N1CC2(CCN(C(=O)c3ccc(F)c(F)c3F)CC2)OC1=O. The molecule has 2 aliphatic heterocycles. The third kappa shape index (κ3) is 3.61. The molecule has 2 heterocycles. The smallest absolute Gasteiger partial charge is 0.410 e. The second kappa shape index (κ2) is 7.40. The quantitative estimate of drug-likeness (QED) is 0.744. The normalized spacial score (nSPS) is 20.1. The van der Waals surface area contributed by atoms with Gasteiger partial charge in [-0.05, 0) is 25.5 Å². The van der Waals surface area contributed by atoms with E-state index in [9.17, 15) is 22.8 Å². The fourth-order valence-electron chi connectivity index (χ4n) is 3.80. The van der Waals surface area contributed by atoms with Crippen molar-refractivity contribution < 1.29 is 27.5 Å². The number of carbonyl (C=O) groups excluding carboxylic acids is 2. The van der Waals surface area contributed by atoms with Crippen molar-refractivity contribution in [1.82, 2.24) is 9.80 Å². The topological polar surface area (TPSA) is 49.9 Å². The van der Waals surface area contributed by atoms with Crippen molar-refractivity contribution in [3.8, 4) is 0 Å². The Morgan fingerprint density at radius 3 is 2.52 bits per heavy atom. The Morgan fingerprint density at radius 2 is 1.89 bits per heavy atom. The zero-order valence-corrected chi connectivity index (χ0v) is 15.4. The van der Waals surface area contributed by atoms with Gasteiger partial charge in [0.25, 0.3) is 5.91 Å². The van der Waals surface area contributed by atoms with Crippen LogP contribution in [0.2, 0.25) is 0 Å². The van der Waals surface area contributed by atoms with E-state index in [1.807, 2.05) is 6.92 Å². The minimum Gasteiger partial charge on any atom is -0.441 e. The van der Waals surface area contributed by atoms with E-state index in [0.29, 0.717) is 19.4 Å². The summed E-state index contributed by atoms with van der Waals surface area (Å²) in [7, 11) is 0. The maximum Gasteiger partial charge on any atom is 0.410 e. The van der Waals surface area contributed by atoms with E-state index >= 15 is 0 Å². The summed E-state index contributed by atoms with van der Waals surface area (Å²) in [5, 5.41) is 0. The van der Waals surface area contributed by atoms with Gasteiger partial charge in [-0.2, -0.15) is 0 Å². The number of likely N-dealkylation sites (tertiary alicyclic amines) is 1. The standard InChI is InChI=1S/C19H23F3N2O3/c1-3-4-12(2)24-11-19(27-18(24)26)7-9-23(10-8-19)17(25)13-5-6-14(20)16(22)15(13)21/h5-6,12H,3-4,7-11H2,1-2H3. The molecule has 0 aliphatic carbocycles. The van der Waals surface area contributed by atoms with Crippen molar-refractivity contribution in [3.63, 3.8) is 0 Å². The molecule has 1 aromatic rings. The first-order valence-corrected chi connectivity index (χ1v) is 9.20. The first-order chi connectivity index (χ1) is 12.8. The molecule has 0 saturated carbocycles. The summed E-state index contributed by atoms with van der Waals surface area (Å²) in [5.74, 6) is -5.16. The molecule has 0 radical (unpaired) electrons. The lowest BCUT2D eigenvalue weighted by molar-refractivity contribution is 0.00292. The van der Waals surface area contributed by atoms with E-state index in [1.165, 1.54) is 4.90 Å². The van der Waals surface area contributed by atoms with Gasteiger partial charge in [0.05, 0.1) is 12.1 Å². The third-order valence-corrected chi connectivity index (χ3v) is 5.46. The van der Waals surface area contributed by atoms with Crippen molar-refractivity contribution >= 4 is 12.0 Å². The zero-order chi connectivity index (χ0) is 19.8. The summed E-state index contributed by atoms with van der Waals surface area (Å²) >= 11 is 0. The van der Waals surface area contributed by atoms with Crippen LogP contribution in [0.1, 0.15) is 49.9 Å². The molecule has 0 N–H and O–H groups in total. The molecule has 2 aliphatic rings. The van der Waals surface area contributed by atoms with Gasteiger partial charge in [0, 0.05) is 32.0 Å². The van der Waals surface area contributed by atoms with E-state index in [-0.39, 0.29) is 25.2 Å². The number of rotatable bonds is 4. The largest absolute Gasteiger partial charge is 0.441 e. The van der Waals surface area contributed by atoms with E-state index in [2.05, 4.69) is 6.92 Å². The van der Waals surface area contributed by atoms with Gasteiger partial charge in [-0.15, -0.1) is 0 Å². The number of amides is 2. The predicted molar refractivity (Wildman–Crippen MR) is 91.7 cm³/mol. The average molecular weight is 384 g/mol. The molecular weight excluding hydrogens is 361 g/mol. The predicted octanol–water partition coefficient (Wildman–Crippen LogP) is 3.72. The maximum absolute atomic E-state index is 13.9. The van der Waals surface area contributed by atoms with Crippen LogP contribution in [0, 0.1) is 17.5 Å². The molecule has 1 aromatic carbocycles. The molecule has 148 valence electrons. The van der Waals surface area contributed by atoms with Gasteiger partial charge in [-0.1, -0.05) is 13.3 Å². The molecule has 1 unspecified atom stereocenters. The number of carbonyl (C=O) groups is 2. The summed E-state index contributed by atoms with van der Waals surface area (Å²) in [6.07, 6.45) is 2.34. The van der Waals surface area contributed by atoms with Crippen LogP contribution in [0.5, 0.6) is 0 Å². The molecule has 5 nitrogen and oxygen atoms in total. The second-order valence-corrected chi connectivity index (χ2v) is 7.33. The molecule has 27 heavy (non-hydrogen) atoms. The molecule has 1 atom stereocenters. The van der Waals surface area contributed by atoms with Gasteiger partial charge in [0.1, 0.15) is 5.60 Å². The molecule has 0 bridgehead atoms. The van der Waals surface area contributed by atoms with Crippen LogP contribution in [0.25, 0.3) is 0 Å². The van der Waals surface area contributed by atoms with Crippen LogP contribution in [0.3, 0.4) is 0 Å². The second-order valence-electron chi connectivity index (χ2n) is 7.33. The number of ether oxygens (including phenoxy) is 1. The molecule has 2 amide bonds. The van der Waals surface area contributed by atoms with Crippen LogP contribution in [0.4, 0.5) is 18.0 Å². The maximum atomic E-state index is 13.9. The lowest BCUT2D eigenvalue weighted by Gasteiger charge is -2.37. The fraction of sp³-hybridized carbons (Fsp3) is 0.579. The molecule has 3 rings (SSSR count). The molecular formula is C19H23F3N2O3. The Kier molecular flexibility index (Phi) is 5.35. The first kappa shape index (κ1) is 19.5. The van der Waals surface area contributed by atoms with Crippen molar-refractivity contribution in [2.24, 2.45) is 0 Å². The number of benzene rings is 1. The van der Waals surface area contributed by atoms with Gasteiger partial charge in [0.2, 0.25) is 0 Å². The molecule has 2 saturated heterocycles. The van der Waals surface area contributed by atoms with E-state index in [1.54, 1.807) is 4.90 Å². The van der Waals surface area contributed by atoms with Gasteiger partial charge >= 0.3 is 6.09 Å². The minimum absolute atomic E-state index is 0.0813. The number of hydrogen-bond acceptors (Lipinski definition) is 3. The van der Waals surface area contributed by atoms with Gasteiger partial charge in [-0.25, -0.2) is 18.0 Å². The molecule has 8 heteroatoms. The van der Waals surface area contributed by atoms with Crippen molar-refractivity contribution in [2.45, 2.75) is 51.2 Å². The Labute approximate surface area is 156 Å². The zero-order valence-electron chi connectivity index (χ0n) is 15.4. The van der Waals surface area contributed by atoms with Crippen molar-refractivity contribution in [2.75, 3.05) is 19.6 Å². The molecule has 1 spiro atoms. The summed E-state index contributed by atoms with van der Waals surface area (Å²) in [6.45, 7) is 5.00. The number of hydrogen-bond donors (Lipinski definition) is 0. The number of halogens is 3. The average Bonchev–Trinajstić information content (AvgIpc) is 2.96. The van der Waals surface area contributed by atoms with E-state index in [4.69, 9.17) is 4.74 Å². The highest BCUT2D eigenvalue weighted by Gasteiger charge is 2.48. The summed E-state index contributed by atoms with van der Waals surface area (Å²) < 4.78 is 46.0. The Hall–Kier alpha value is -2.25. The first-order valence-electron chi connectivity index (χ1n) is 9.20. The Bertz CT molecular complexity index is 748. The van der Waals surface area contributed by atoms with Crippen molar-refractivity contribution in [3.05, 3.63) is 35.1 Å². The van der Waals surface area contributed by atoms with E-state index < -0.39 is 34.5 Å². The summed E-state index contributed by atoms with van der Waals surface area (Å²) in [6, 6.07) is 1.77. The van der Waals surface area contributed by atoms with Crippen LogP contribution >= 0.6 is 0 Å². The Morgan fingerprint density at radius 1 is 1.22 bits per heavy atom. The Balaban J connectivity index is 1.66. The lowest BCUT2D eigenvalue weighted by Crippen LogP contribution is -2.49. The monoisotopic (exact) mass is 384 g/mol. The highest BCUT2D eigenvalue weighted by Crippen LogP contribution is 2.35.